The van der Waals surface area contributed by atoms with Crippen molar-refractivity contribution in [3.63, 3.8) is 0 Å². The zero-order chi connectivity index (χ0) is 19.7. The molecule has 0 spiro atoms. The number of aliphatic imine (C=N–C) groups is 1. The van der Waals surface area contributed by atoms with Crippen molar-refractivity contribution in [2.75, 3.05) is 33.3 Å². The first-order chi connectivity index (χ1) is 12.2. The van der Waals surface area contributed by atoms with Gasteiger partial charge in [-0.1, -0.05) is 13.8 Å². The van der Waals surface area contributed by atoms with Gasteiger partial charge in [0.1, 0.15) is 5.60 Å². The van der Waals surface area contributed by atoms with E-state index in [2.05, 4.69) is 34.4 Å². The van der Waals surface area contributed by atoms with Gasteiger partial charge in [0.25, 0.3) is 0 Å². The normalized spacial score (nSPS) is 17.3. The molecule has 1 fully saturated rings. The molecule has 0 radical (unpaired) electrons. The molecule has 2 N–H and O–H groups in total. The molecule has 1 saturated heterocycles. The Bertz CT molecular complexity index is 458. The lowest BCUT2D eigenvalue weighted by atomic mass is 10.0. The molecule has 160 valence electrons. The zero-order valence-electron chi connectivity index (χ0n) is 18.0. The van der Waals surface area contributed by atoms with Crippen LogP contribution in [-0.4, -0.2) is 68.0 Å². The highest BCUT2D eigenvalue weighted by Crippen LogP contribution is 2.14. The maximum atomic E-state index is 12.1. The van der Waals surface area contributed by atoms with Gasteiger partial charge < -0.3 is 25.0 Å². The van der Waals surface area contributed by atoms with E-state index < -0.39 is 5.60 Å². The van der Waals surface area contributed by atoms with Gasteiger partial charge in [-0.25, -0.2) is 4.79 Å². The lowest BCUT2D eigenvalue weighted by Gasteiger charge is -2.35. The minimum Gasteiger partial charge on any atom is -0.444 e. The highest BCUT2D eigenvalue weighted by atomic mass is 127. The number of piperidine rings is 1. The van der Waals surface area contributed by atoms with Crippen LogP contribution in [0.4, 0.5) is 4.79 Å². The lowest BCUT2D eigenvalue weighted by Crippen LogP contribution is -2.52. The third-order valence-electron chi connectivity index (χ3n) is 4.34. The average Bonchev–Trinajstić information content (AvgIpc) is 2.54. The number of guanidine groups is 1. The SMILES string of the molecule is CCOC1CCN(C(=NC)NCC(NC(=O)OC(C)(C)C)C(C)C)CC1.I. The smallest absolute Gasteiger partial charge is 0.407 e. The second-order valence-electron chi connectivity index (χ2n) is 8.07. The minimum absolute atomic E-state index is 0. The molecule has 0 aliphatic carbocycles. The Kier molecular flexibility index (Phi) is 12.3. The summed E-state index contributed by atoms with van der Waals surface area (Å²) in [4.78, 5) is 18.7. The Morgan fingerprint density at radius 1 is 1.26 bits per heavy atom. The Balaban J connectivity index is 0.00000676. The summed E-state index contributed by atoms with van der Waals surface area (Å²) in [7, 11) is 1.79. The van der Waals surface area contributed by atoms with E-state index in [9.17, 15) is 4.79 Å². The number of halogens is 1. The van der Waals surface area contributed by atoms with E-state index in [4.69, 9.17) is 9.47 Å². The molecule has 1 atom stereocenters. The number of nitrogens with zero attached hydrogens (tertiary/aromatic N) is 2. The van der Waals surface area contributed by atoms with Crippen molar-refractivity contribution in [2.45, 2.75) is 72.1 Å². The molecule has 1 unspecified atom stereocenters. The molecule has 27 heavy (non-hydrogen) atoms. The Morgan fingerprint density at radius 2 is 1.85 bits per heavy atom. The molecule has 1 aliphatic heterocycles. The second kappa shape index (κ2) is 12.6. The molecule has 1 heterocycles. The lowest BCUT2D eigenvalue weighted by molar-refractivity contribution is 0.0262. The van der Waals surface area contributed by atoms with E-state index >= 15 is 0 Å². The number of hydrogen-bond acceptors (Lipinski definition) is 4. The number of likely N-dealkylation sites (tertiary alicyclic amines) is 1. The van der Waals surface area contributed by atoms with Crippen LogP contribution in [0, 0.1) is 5.92 Å². The molecule has 7 nitrogen and oxygen atoms in total. The quantitative estimate of drug-likeness (QED) is 0.334. The van der Waals surface area contributed by atoms with E-state index in [-0.39, 0.29) is 42.0 Å². The Labute approximate surface area is 182 Å². The summed E-state index contributed by atoms with van der Waals surface area (Å²) in [5.74, 6) is 1.15. The van der Waals surface area contributed by atoms with Gasteiger partial charge in [0.05, 0.1) is 12.1 Å². The van der Waals surface area contributed by atoms with Gasteiger partial charge >= 0.3 is 6.09 Å². The number of nitrogens with one attached hydrogen (secondary N) is 2. The molecule has 0 bridgehead atoms. The zero-order valence-corrected chi connectivity index (χ0v) is 20.3. The molecule has 1 amide bonds. The van der Waals surface area contributed by atoms with Gasteiger partial charge in [-0.2, -0.15) is 0 Å². The fraction of sp³-hybridized carbons (Fsp3) is 0.895. The van der Waals surface area contributed by atoms with Gasteiger partial charge in [-0.15, -0.1) is 24.0 Å². The van der Waals surface area contributed by atoms with E-state index in [0.717, 1.165) is 38.5 Å². The molecule has 0 aromatic heterocycles. The summed E-state index contributed by atoms with van der Waals surface area (Å²) in [5.41, 5.74) is -0.500. The topological polar surface area (TPSA) is 75.2 Å². The number of ether oxygens (including phenoxy) is 2. The second-order valence-corrected chi connectivity index (χ2v) is 8.07. The predicted molar refractivity (Wildman–Crippen MR) is 121 cm³/mol. The number of amides is 1. The monoisotopic (exact) mass is 498 g/mol. The van der Waals surface area contributed by atoms with Crippen LogP contribution < -0.4 is 10.6 Å². The maximum Gasteiger partial charge on any atom is 0.407 e. The molecule has 1 aliphatic rings. The third-order valence-corrected chi connectivity index (χ3v) is 4.34. The van der Waals surface area contributed by atoms with Crippen LogP contribution >= 0.6 is 24.0 Å². The highest BCUT2D eigenvalue weighted by molar-refractivity contribution is 14.0. The molecular weight excluding hydrogens is 459 g/mol. The van der Waals surface area contributed by atoms with Gasteiger partial charge in [-0.05, 0) is 46.5 Å². The first-order valence-electron chi connectivity index (χ1n) is 9.73. The summed E-state index contributed by atoms with van der Waals surface area (Å²) < 4.78 is 11.1. The summed E-state index contributed by atoms with van der Waals surface area (Å²) in [6, 6.07) is -0.0393. The number of alkyl carbamates (subject to hydrolysis) is 1. The van der Waals surface area contributed by atoms with Crippen molar-refractivity contribution < 1.29 is 14.3 Å². The minimum atomic E-state index is -0.500. The summed E-state index contributed by atoms with van der Waals surface area (Å²) in [5, 5.41) is 6.36. The van der Waals surface area contributed by atoms with Crippen molar-refractivity contribution in [2.24, 2.45) is 10.9 Å². The summed E-state index contributed by atoms with van der Waals surface area (Å²) in [6.45, 7) is 15.0. The van der Waals surface area contributed by atoms with Crippen molar-refractivity contribution in [1.82, 2.24) is 15.5 Å². The van der Waals surface area contributed by atoms with Crippen molar-refractivity contribution in [3.8, 4) is 0 Å². The van der Waals surface area contributed by atoms with E-state index in [0.29, 0.717) is 12.6 Å². The van der Waals surface area contributed by atoms with Crippen LogP contribution in [0.15, 0.2) is 4.99 Å². The first-order valence-corrected chi connectivity index (χ1v) is 9.73. The Morgan fingerprint density at radius 3 is 2.30 bits per heavy atom. The predicted octanol–water partition coefficient (Wildman–Crippen LogP) is 3.23. The van der Waals surface area contributed by atoms with Gasteiger partial charge in [-0.3, -0.25) is 4.99 Å². The molecule has 1 rings (SSSR count). The standard InChI is InChI=1S/C19H38N4O3.HI/c1-8-25-15-9-11-23(12-10-15)17(20-7)21-13-16(14(2)3)22-18(24)26-19(4,5)6;/h14-16H,8-13H2,1-7H3,(H,20,21)(H,22,24);1H. The van der Waals surface area contributed by atoms with Crippen LogP contribution in [0.3, 0.4) is 0 Å². The van der Waals surface area contributed by atoms with Crippen molar-refractivity contribution in [1.29, 1.82) is 0 Å². The fourth-order valence-corrected chi connectivity index (χ4v) is 2.92. The number of rotatable bonds is 6. The van der Waals surface area contributed by atoms with Crippen LogP contribution in [0.25, 0.3) is 0 Å². The largest absolute Gasteiger partial charge is 0.444 e. The van der Waals surface area contributed by atoms with Crippen LogP contribution in [-0.2, 0) is 9.47 Å². The molecule has 0 aromatic rings. The molecule has 8 heteroatoms. The maximum absolute atomic E-state index is 12.1. The van der Waals surface area contributed by atoms with Crippen molar-refractivity contribution >= 4 is 36.0 Å². The molecular formula is C19H39IN4O3. The van der Waals surface area contributed by atoms with Crippen molar-refractivity contribution in [3.05, 3.63) is 0 Å². The Hall–Kier alpha value is -0.770. The number of carbonyl (C=O) groups excluding carboxylic acids is 1. The van der Waals surface area contributed by atoms with E-state index in [1.165, 1.54) is 0 Å². The first kappa shape index (κ1) is 26.2. The van der Waals surface area contributed by atoms with Gasteiger partial charge in [0.15, 0.2) is 5.96 Å². The van der Waals surface area contributed by atoms with Crippen LogP contribution in [0.2, 0.25) is 0 Å². The highest BCUT2D eigenvalue weighted by Gasteiger charge is 2.24. The van der Waals surface area contributed by atoms with Gasteiger partial charge in [0.2, 0.25) is 0 Å². The van der Waals surface area contributed by atoms with E-state index in [1.54, 1.807) is 7.05 Å². The summed E-state index contributed by atoms with van der Waals surface area (Å²) in [6.07, 6.45) is 1.99. The number of carbonyl (C=O) groups is 1. The third kappa shape index (κ3) is 10.4. The van der Waals surface area contributed by atoms with Gasteiger partial charge in [0, 0.05) is 33.3 Å². The molecule has 0 saturated carbocycles. The number of hydrogen-bond donors (Lipinski definition) is 2. The van der Waals surface area contributed by atoms with Crippen LogP contribution in [0.5, 0.6) is 0 Å². The molecule has 0 aromatic carbocycles. The van der Waals surface area contributed by atoms with E-state index in [1.807, 2.05) is 27.7 Å². The van der Waals surface area contributed by atoms with Crippen LogP contribution in [0.1, 0.15) is 54.4 Å². The summed E-state index contributed by atoms with van der Waals surface area (Å²) >= 11 is 0. The fourth-order valence-electron chi connectivity index (χ4n) is 2.92. The average molecular weight is 498 g/mol.